The van der Waals surface area contributed by atoms with E-state index in [1.165, 1.54) is 22.7 Å². The monoisotopic (exact) mass is 404 g/mol. The number of anilines is 1. The standard InChI is InChI=1S/C17H16N4O2S3/c22-15(11-4-7-24-10-11)20-16-19-13-3-5-21(9-14(13)26-16)17(23)18-8-12-2-1-6-25-12/h1-2,4,6-7,10H,3,5,8-9H2,(H,18,23)(H,19,20,22). The molecule has 0 saturated carbocycles. The first-order chi connectivity index (χ1) is 12.7. The Balaban J connectivity index is 1.37. The molecule has 1 aliphatic heterocycles. The van der Waals surface area contributed by atoms with Gasteiger partial charge in [-0.25, -0.2) is 9.78 Å². The van der Waals surface area contributed by atoms with E-state index in [2.05, 4.69) is 15.6 Å². The van der Waals surface area contributed by atoms with Gasteiger partial charge in [-0.2, -0.15) is 11.3 Å². The number of nitrogens with one attached hydrogen (secondary N) is 2. The summed E-state index contributed by atoms with van der Waals surface area (Å²) in [7, 11) is 0. The van der Waals surface area contributed by atoms with E-state index in [0.29, 0.717) is 36.8 Å². The molecule has 0 fully saturated rings. The second-order valence-electron chi connectivity index (χ2n) is 5.76. The molecule has 0 spiro atoms. The Morgan fingerprint density at radius 2 is 2.19 bits per heavy atom. The quantitative estimate of drug-likeness (QED) is 0.695. The van der Waals surface area contributed by atoms with Crippen LogP contribution < -0.4 is 10.6 Å². The molecule has 2 N–H and O–H groups in total. The summed E-state index contributed by atoms with van der Waals surface area (Å²) in [5.41, 5.74) is 1.61. The van der Waals surface area contributed by atoms with Crippen molar-refractivity contribution in [3.8, 4) is 0 Å². The molecule has 0 radical (unpaired) electrons. The van der Waals surface area contributed by atoms with Gasteiger partial charge < -0.3 is 10.2 Å². The minimum Gasteiger partial charge on any atom is -0.333 e. The molecule has 0 unspecified atom stereocenters. The van der Waals surface area contributed by atoms with Crippen molar-refractivity contribution in [2.24, 2.45) is 0 Å². The van der Waals surface area contributed by atoms with Gasteiger partial charge in [-0.05, 0) is 22.9 Å². The molecule has 1 aliphatic rings. The van der Waals surface area contributed by atoms with Crippen LogP contribution in [-0.2, 0) is 19.5 Å². The second-order valence-corrected chi connectivity index (χ2v) is 8.66. The van der Waals surface area contributed by atoms with Crippen molar-refractivity contribution in [3.05, 3.63) is 55.4 Å². The highest BCUT2D eigenvalue weighted by Gasteiger charge is 2.24. The predicted octanol–water partition coefficient (Wildman–Crippen LogP) is 3.79. The van der Waals surface area contributed by atoms with Gasteiger partial charge in [-0.15, -0.1) is 11.3 Å². The average molecular weight is 405 g/mol. The Morgan fingerprint density at radius 3 is 2.96 bits per heavy atom. The number of hydrogen-bond donors (Lipinski definition) is 2. The molecule has 134 valence electrons. The molecule has 9 heteroatoms. The zero-order valence-electron chi connectivity index (χ0n) is 13.7. The minimum atomic E-state index is -0.150. The highest BCUT2D eigenvalue weighted by atomic mass is 32.1. The van der Waals surface area contributed by atoms with Crippen LogP contribution in [0.2, 0.25) is 0 Å². The third-order valence-corrected chi connectivity index (χ3v) is 6.57. The lowest BCUT2D eigenvalue weighted by Crippen LogP contribution is -2.42. The molecule has 0 atom stereocenters. The molecule has 6 nitrogen and oxygen atoms in total. The van der Waals surface area contributed by atoms with Crippen LogP contribution in [0.15, 0.2) is 34.3 Å². The first-order valence-electron chi connectivity index (χ1n) is 8.06. The zero-order chi connectivity index (χ0) is 17.9. The van der Waals surface area contributed by atoms with Crippen molar-refractivity contribution in [1.82, 2.24) is 15.2 Å². The Kier molecular flexibility index (Phi) is 5.00. The lowest BCUT2D eigenvalue weighted by Gasteiger charge is -2.26. The molecule has 3 aromatic rings. The van der Waals surface area contributed by atoms with Crippen LogP contribution in [0.3, 0.4) is 0 Å². The van der Waals surface area contributed by atoms with E-state index >= 15 is 0 Å². The third-order valence-electron chi connectivity index (χ3n) is 4.02. The fourth-order valence-corrected chi connectivity index (χ4v) is 4.97. The normalized spacial score (nSPS) is 13.3. The van der Waals surface area contributed by atoms with Gasteiger partial charge in [0.15, 0.2) is 5.13 Å². The summed E-state index contributed by atoms with van der Waals surface area (Å²) in [6.07, 6.45) is 0.701. The molecule has 0 bridgehead atoms. The van der Waals surface area contributed by atoms with Crippen molar-refractivity contribution in [2.45, 2.75) is 19.5 Å². The van der Waals surface area contributed by atoms with Gasteiger partial charge in [0.05, 0.1) is 24.3 Å². The van der Waals surface area contributed by atoms with E-state index in [4.69, 9.17) is 0 Å². The van der Waals surface area contributed by atoms with Crippen LogP contribution in [0.1, 0.15) is 25.8 Å². The molecule has 4 rings (SSSR count). The predicted molar refractivity (Wildman–Crippen MR) is 105 cm³/mol. The fraction of sp³-hybridized carbons (Fsp3) is 0.235. The smallest absolute Gasteiger partial charge is 0.318 e. The van der Waals surface area contributed by atoms with Gasteiger partial charge >= 0.3 is 6.03 Å². The molecule has 4 heterocycles. The second kappa shape index (κ2) is 7.56. The molecular weight excluding hydrogens is 388 g/mol. The van der Waals surface area contributed by atoms with Gasteiger partial charge in [0.2, 0.25) is 0 Å². The van der Waals surface area contributed by atoms with Gasteiger partial charge in [0.25, 0.3) is 5.91 Å². The van der Waals surface area contributed by atoms with E-state index in [9.17, 15) is 9.59 Å². The van der Waals surface area contributed by atoms with Gasteiger partial charge in [-0.1, -0.05) is 17.4 Å². The number of urea groups is 1. The summed E-state index contributed by atoms with van der Waals surface area (Å²) >= 11 is 4.55. The minimum absolute atomic E-state index is 0.0682. The van der Waals surface area contributed by atoms with Crippen molar-refractivity contribution >= 4 is 51.1 Å². The maximum atomic E-state index is 12.4. The summed E-state index contributed by atoms with van der Waals surface area (Å²) in [6.45, 7) is 1.70. The van der Waals surface area contributed by atoms with Crippen LogP contribution in [0.25, 0.3) is 0 Å². The summed E-state index contributed by atoms with van der Waals surface area (Å²) in [4.78, 5) is 33.0. The van der Waals surface area contributed by atoms with Crippen LogP contribution in [0, 0.1) is 0 Å². The lowest BCUT2D eigenvalue weighted by atomic mass is 10.2. The van der Waals surface area contributed by atoms with E-state index in [1.807, 2.05) is 28.3 Å². The summed E-state index contributed by atoms with van der Waals surface area (Å²) in [6, 6.07) is 5.70. The fourth-order valence-electron chi connectivity index (χ4n) is 2.67. The highest BCUT2D eigenvalue weighted by molar-refractivity contribution is 7.16. The first-order valence-corrected chi connectivity index (χ1v) is 10.7. The van der Waals surface area contributed by atoms with Crippen LogP contribution >= 0.6 is 34.0 Å². The van der Waals surface area contributed by atoms with Crippen LogP contribution in [0.4, 0.5) is 9.93 Å². The average Bonchev–Trinajstić information content (AvgIpc) is 3.39. The van der Waals surface area contributed by atoms with E-state index in [-0.39, 0.29) is 11.9 Å². The number of amides is 3. The summed E-state index contributed by atoms with van der Waals surface area (Å²) in [5.74, 6) is -0.150. The Morgan fingerprint density at radius 1 is 1.27 bits per heavy atom. The Labute approximate surface area is 162 Å². The molecule has 26 heavy (non-hydrogen) atoms. The van der Waals surface area contributed by atoms with Crippen molar-refractivity contribution in [2.75, 3.05) is 11.9 Å². The number of nitrogens with zero attached hydrogens (tertiary/aromatic N) is 2. The molecular formula is C17H16N4O2S3. The van der Waals surface area contributed by atoms with Crippen LogP contribution in [-0.4, -0.2) is 28.4 Å². The molecule has 3 aromatic heterocycles. The van der Waals surface area contributed by atoms with Gasteiger partial charge in [-0.3, -0.25) is 10.1 Å². The lowest BCUT2D eigenvalue weighted by molar-refractivity contribution is 0.102. The SMILES string of the molecule is O=C(Nc1nc2c(s1)CN(C(=O)NCc1cccs1)CC2)c1ccsc1. The Hall–Kier alpha value is -2.23. The summed E-state index contributed by atoms with van der Waals surface area (Å²) < 4.78 is 0. The number of carbonyl (C=O) groups is 2. The van der Waals surface area contributed by atoms with Crippen molar-refractivity contribution in [3.63, 3.8) is 0 Å². The van der Waals surface area contributed by atoms with Crippen LogP contribution in [0.5, 0.6) is 0 Å². The number of rotatable bonds is 4. The molecule has 3 amide bonds. The van der Waals surface area contributed by atoms with Crippen molar-refractivity contribution in [1.29, 1.82) is 0 Å². The maximum absolute atomic E-state index is 12.4. The number of fused-ring (bicyclic) bond motifs is 1. The van der Waals surface area contributed by atoms with Gasteiger partial charge in [0, 0.05) is 28.1 Å². The largest absolute Gasteiger partial charge is 0.333 e. The number of carbonyl (C=O) groups excluding carboxylic acids is 2. The molecule has 0 aromatic carbocycles. The number of hydrogen-bond acceptors (Lipinski definition) is 6. The number of aromatic nitrogens is 1. The van der Waals surface area contributed by atoms with E-state index in [1.54, 1.807) is 22.3 Å². The Bertz CT molecular complexity index is 903. The molecule has 0 aliphatic carbocycles. The zero-order valence-corrected chi connectivity index (χ0v) is 16.2. The van der Waals surface area contributed by atoms with Crippen molar-refractivity contribution < 1.29 is 9.59 Å². The maximum Gasteiger partial charge on any atom is 0.318 e. The highest BCUT2D eigenvalue weighted by Crippen LogP contribution is 2.28. The van der Waals surface area contributed by atoms with Gasteiger partial charge in [0.1, 0.15) is 0 Å². The molecule has 0 saturated heterocycles. The topological polar surface area (TPSA) is 74.3 Å². The van der Waals surface area contributed by atoms with E-state index < -0.39 is 0 Å². The summed E-state index contributed by atoms with van der Waals surface area (Å²) in [5, 5.41) is 12.1. The number of thiazole rings is 1. The first kappa shape index (κ1) is 17.2. The van der Waals surface area contributed by atoms with E-state index in [0.717, 1.165) is 15.4 Å². The number of thiophene rings is 2. The third kappa shape index (κ3) is 3.79.